The Morgan fingerprint density at radius 3 is 2.82 bits per heavy atom. The van der Waals surface area contributed by atoms with Crippen molar-refractivity contribution in [2.75, 3.05) is 44.8 Å². The molecule has 0 atom stereocenters. The molecule has 2 heterocycles. The molecule has 2 rings (SSSR count). The molecule has 17 heavy (non-hydrogen) atoms. The van der Waals surface area contributed by atoms with E-state index in [0.717, 1.165) is 11.0 Å². The summed E-state index contributed by atoms with van der Waals surface area (Å²) in [7, 11) is 1.86. The van der Waals surface area contributed by atoms with Gasteiger partial charge in [0.05, 0.1) is 19.8 Å². The quantitative estimate of drug-likeness (QED) is 0.770. The Bertz CT molecular complexity index is 389. The Kier molecular flexibility index (Phi) is 3.90. The summed E-state index contributed by atoms with van der Waals surface area (Å²) in [5.74, 6) is 0.860. The highest BCUT2D eigenvalue weighted by Gasteiger charge is 2.19. The van der Waals surface area contributed by atoms with Crippen LogP contribution in [-0.2, 0) is 9.53 Å². The van der Waals surface area contributed by atoms with Crippen molar-refractivity contribution in [3.8, 4) is 0 Å². The van der Waals surface area contributed by atoms with Crippen LogP contribution in [0.4, 0.5) is 5.13 Å². The maximum absolute atomic E-state index is 12.0. The fraction of sp³-hybridized carbons (Fsp3) is 0.700. The number of likely N-dealkylation sites (N-methyl/N-ethyl adjacent to an activating group) is 1. The molecule has 1 aliphatic rings. The first-order valence-corrected chi connectivity index (χ1v) is 6.31. The molecule has 94 valence electrons. The molecule has 1 amide bonds. The van der Waals surface area contributed by atoms with Gasteiger partial charge >= 0.3 is 0 Å². The third kappa shape index (κ3) is 3.13. The second kappa shape index (κ2) is 5.42. The van der Waals surface area contributed by atoms with Crippen LogP contribution < -0.4 is 4.90 Å². The fourth-order valence-corrected chi connectivity index (χ4v) is 2.26. The second-order valence-corrected chi connectivity index (χ2v) is 4.70. The van der Waals surface area contributed by atoms with Gasteiger partial charge in [-0.3, -0.25) is 4.79 Å². The van der Waals surface area contributed by atoms with Gasteiger partial charge in [0.15, 0.2) is 0 Å². The van der Waals surface area contributed by atoms with Crippen molar-refractivity contribution in [2.45, 2.75) is 6.92 Å². The minimum atomic E-state index is 0.114. The highest BCUT2D eigenvalue weighted by Crippen LogP contribution is 2.15. The molecule has 7 heteroatoms. The van der Waals surface area contributed by atoms with E-state index >= 15 is 0 Å². The average Bonchev–Trinajstić information content (AvgIpc) is 2.77. The van der Waals surface area contributed by atoms with Crippen LogP contribution in [0.15, 0.2) is 0 Å². The molecule has 0 bridgehead atoms. The fourth-order valence-electron chi connectivity index (χ4n) is 1.62. The number of anilines is 1. The van der Waals surface area contributed by atoms with Crippen molar-refractivity contribution in [3.63, 3.8) is 0 Å². The van der Waals surface area contributed by atoms with Crippen LogP contribution in [0.25, 0.3) is 0 Å². The zero-order valence-corrected chi connectivity index (χ0v) is 10.9. The topological polar surface area (TPSA) is 58.6 Å². The van der Waals surface area contributed by atoms with Crippen LogP contribution in [0.2, 0.25) is 0 Å². The zero-order chi connectivity index (χ0) is 12.3. The zero-order valence-electron chi connectivity index (χ0n) is 10.0. The molecule has 1 aromatic rings. The highest BCUT2D eigenvalue weighted by molar-refractivity contribution is 7.09. The first-order valence-electron chi connectivity index (χ1n) is 5.54. The summed E-state index contributed by atoms with van der Waals surface area (Å²) >= 11 is 1.32. The van der Waals surface area contributed by atoms with Crippen LogP contribution in [0.3, 0.4) is 0 Å². The summed E-state index contributed by atoms with van der Waals surface area (Å²) in [6.45, 7) is 4.82. The Labute approximate surface area is 104 Å². The number of nitrogens with zero attached hydrogens (tertiary/aromatic N) is 4. The Morgan fingerprint density at radius 2 is 2.24 bits per heavy atom. The predicted molar refractivity (Wildman–Crippen MR) is 65.3 cm³/mol. The van der Waals surface area contributed by atoms with E-state index in [1.807, 2.05) is 23.8 Å². The van der Waals surface area contributed by atoms with E-state index in [-0.39, 0.29) is 5.91 Å². The number of amides is 1. The lowest BCUT2D eigenvalue weighted by Crippen LogP contribution is -2.45. The van der Waals surface area contributed by atoms with E-state index in [1.165, 1.54) is 11.5 Å². The molecule has 1 saturated heterocycles. The SMILES string of the molecule is Cc1nsc(N(C)CC(=O)N2CCOCC2)n1. The lowest BCUT2D eigenvalue weighted by molar-refractivity contribution is -0.133. The minimum Gasteiger partial charge on any atom is -0.378 e. The van der Waals surface area contributed by atoms with Gasteiger partial charge in [-0.15, -0.1) is 0 Å². The second-order valence-electron chi connectivity index (χ2n) is 3.97. The smallest absolute Gasteiger partial charge is 0.242 e. The maximum Gasteiger partial charge on any atom is 0.242 e. The van der Waals surface area contributed by atoms with Gasteiger partial charge < -0.3 is 14.5 Å². The van der Waals surface area contributed by atoms with Crippen molar-refractivity contribution in [3.05, 3.63) is 5.82 Å². The normalized spacial score (nSPS) is 16.0. The number of rotatable bonds is 3. The van der Waals surface area contributed by atoms with Crippen molar-refractivity contribution in [1.82, 2.24) is 14.3 Å². The van der Waals surface area contributed by atoms with E-state index in [4.69, 9.17) is 4.74 Å². The summed E-state index contributed by atoms with van der Waals surface area (Å²) in [6.07, 6.45) is 0. The summed E-state index contributed by atoms with van der Waals surface area (Å²) in [5.41, 5.74) is 0. The monoisotopic (exact) mass is 256 g/mol. The molecular weight excluding hydrogens is 240 g/mol. The van der Waals surface area contributed by atoms with Crippen molar-refractivity contribution < 1.29 is 9.53 Å². The molecule has 6 nitrogen and oxygen atoms in total. The van der Waals surface area contributed by atoms with Crippen molar-refractivity contribution >= 4 is 22.6 Å². The highest BCUT2D eigenvalue weighted by atomic mass is 32.1. The molecule has 0 aromatic carbocycles. The molecule has 1 aliphatic heterocycles. The summed E-state index contributed by atoms with van der Waals surface area (Å²) in [4.78, 5) is 19.9. The largest absolute Gasteiger partial charge is 0.378 e. The standard InChI is InChI=1S/C10H16N4O2S/c1-8-11-10(17-12-8)13(2)7-9(15)14-3-5-16-6-4-14/h3-7H2,1-2H3. The van der Waals surface area contributed by atoms with E-state index in [0.29, 0.717) is 32.8 Å². The number of carbonyl (C=O) groups is 1. The van der Waals surface area contributed by atoms with E-state index in [2.05, 4.69) is 9.36 Å². The molecular formula is C10H16N4O2S. The molecule has 0 spiro atoms. The van der Waals surface area contributed by atoms with Gasteiger partial charge in [0.1, 0.15) is 5.82 Å². The number of carbonyl (C=O) groups excluding carboxylic acids is 1. The molecule has 1 aromatic heterocycles. The Morgan fingerprint density at radius 1 is 1.53 bits per heavy atom. The number of aryl methyl sites for hydroxylation is 1. The molecule has 0 N–H and O–H groups in total. The third-order valence-corrected chi connectivity index (χ3v) is 3.50. The molecule has 1 fully saturated rings. The maximum atomic E-state index is 12.0. The van der Waals surface area contributed by atoms with E-state index < -0.39 is 0 Å². The minimum absolute atomic E-state index is 0.114. The van der Waals surface area contributed by atoms with Crippen LogP contribution in [0, 0.1) is 6.92 Å². The first kappa shape index (κ1) is 12.3. The number of hydrogen-bond acceptors (Lipinski definition) is 6. The third-order valence-electron chi connectivity index (χ3n) is 2.58. The van der Waals surface area contributed by atoms with Gasteiger partial charge in [-0.05, 0) is 6.92 Å². The van der Waals surface area contributed by atoms with Crippen LogP contribution in [-0.4, -0.2) is 60.1 Å². The molecule has 0 radical (unpaired) electrons. The van der Waals surface area contributed by atoms with Gasteiger partial charge in [-0.1, -0.05) is 0 Å². The van der Waals surface area contributed by atoms with E-state index in [9.17, 15) is 4.79 Å². The predicted octanol–water partition coefficient (Wildman–Crippen LogP) is 0.142. The van der Waals surface area contributed by atoms with Gasteiger partial charge in [0.25, 0.3) is 0 Å². The number of aromatic nitrogens is 2. The van der Waals surface area contributed by atoms with Crippen LogP contribution in [0.1, 0.15) is 5.82 Å². The van der Waals surface area contributed by atoms with Crippen LogP contribution in [0.5, 0.6) is 0 Å². The van der Waals surface area contributed by atoms with Gasteiger partial charge in [0.2, 0.25) is 11.0 Å². The lowest BCUT2D eigenvalue weighted by atomic mass is 10.4. The van der Waals surface area contributed by atoms with Crippen LogP contribution >= 0.6 is 11.5 Å². The van der Waals surface area contributed by atoms with Crippen molar-refractivity contribution in [2.24, 2.45) is 0 Å². The number of morpholine rings is 1. The van der Waals surface area contributed by atoms with E-state index in [1.54, 1.807) is 0 Å². The molecule has 0 unspecified atom stereocenters. The number of hydrogen-bond donors (Lipinski definition) is 0. The van der Waals surface area contributed by atoms with Gasteiger partial charge in [-0.25, -0.2) is 4.98 Å². The Balaban J connectivity index is 1.89. The molecule has 0 aliphatic carbocycles. The first-order chi connectivity index (χ1) is 8.16. The lowest BCUT2D eigenvalue weighted by Gasteiger charge is -2.28. The summed E-state index contributed by atoms with van der Waals surface area (Å²) in [6, 6.07) is 0. The number of ether oxygens (including phenoxy) is 1. The average molecular weight is 256 g/mol. The van der Waals surface area contributed by atoms with Gasteiger partial charge in [-0.2, -0.15) is 4.37 Å². The van der Waals surface area contributed by atoms with Gasteiger partial charge in [0, 0.05) is 31.7 Å². The van der Waals surface area contributed by atoms with Crippen molar-refractivity contribution in [1.29, 1.82) is 0 Å². The Hall–Kier alpha value is -1.21. The molecule has 0 saturated carbocycles. The summed E-state index contributed by atoms with van der Waals surface area (Å²) < 4.78 is 9.32. The summed E-state index contributed by atoms with van der Waals surface area (Å²) in [5, 5.41) is 0.782.